The number of amides is 2. The molecule has 2 amide bonds. The quantitative estimate of drug-likeness (QED) is 0.606. The monoisotopic (exact) mass is 424 g/mol. The fraction of sp³-hybridized carbons (Fsp3) is 0.409. The minimum absolute atomic E-state index is 0.0107. The van der Waals surface area contributed by atoms with Crippen molar-refractivity contribution in [2.75, 3.05) is 7.11 Å². The summed E-state index contributed by atoms with van der Waals surface area (Å²) in [5.74, 6) is 1.15. The van der Waals surface area contributed by atoms with Crippen molar-refractivity contribution in [3.63, 3.8) is 0 Å². The Kier molecular flexibility index (Phi) is 7.59. The molecule has 0 fully saturated rings. The van der Waals surface area contributed by atoms with Crippen molar-refractivity contribution in [3.05, 3.63) is 59.2 Å². The van der Waals surface area contributed by atoms with E-state index in [1.165, 1.54) is 13.2 Å². The molecule has 2 aromatic rings. The molecule has 2 N–H and O–H groups in total. The Morgan fingerprint density at radius 1 is 0.900 bits per heavy atom. The van der Waals surface area contributed by atoms with Gasteiger partial charge in [-0.2, -0.15) is 13.2 Å². The Bertz CT molecular complexity index is 869. The van der Waals surface area contributed by atoms with Crippen LogP contribution in [0, 0.1) is 0 Å². The predicted molar refractivity (Wildman–Crippen MR) is 109 cm³/mol. The number of carbonyl (C=O) groups is 1. The molecule has 2 atom stereocenters. The maximum Gasteiger partial charge on any atom is 0.416 e. The number of hydrogen-bond donors (Lipinski definition) is 2. The normalized spacial score (nSPS) is 13.5. The zero-order valence-electron chi connectivity index (χ0n) is 17.6. The molecule has 0 aromatic heterocycles. The molecule has 164 valence electrons. The SMILES string of the molecule is COc1cc(C(C)NC(=O)NC(C)c2cccc(C(F)(F)F)c2)ccc1OC(C)C. The smallest absolute Gasteiger partial charge is 0.416 e. The number of carbonyl (C=O) groups excluding carboxylic acids is 1. The summed E-state index contributed by atoms with van der Waals surface area (Å²) in [6.45, 7) is 7.24. The van der Waals surface area contributed by atoms with Gasteiger partial charge in [0.05, 0.1) is 30.9 Å². The minimum atomic E-state index is -4.43. The molecular weight excluding hydrogens is 397 g/mol. The number of urea groups is 1. The first-order valence-corrected chi connectivity index (χ1v) is 9.60. The molecule has 8 heteroatoms. The number of benzene rings is 2. The number of rotatable bonds is 7. The Labute approximate surface area is 174 Å². The maximum absolute atomic E-state index is 12.9. The first kappa shape index (κ1) is 23.4. The van der Waals surface area contributed by atoms with Crippen LogP contribution in [-0.4, -0.2) is 19.2 Å². The number of halogens is 3. The lowest BCUT2D eigenvalue weighted by Crippen LogP contribution is -2.38. The maximum atomic E-state index is 12.9. The Hall–Kier alpha value is -2.90. The van der Waals surface area contributed by atoms with Crippen LogP contribution >= 0.6 is 0 Å². The summed E-state index contributed by atoms with van der Waals surface area (Å²) in [6.07, 6.45) is -4.44. The van der Waals surface area contributed by atoms with Gasteiger partial charge in [-0.15, -0.1) is 0 Å². The van der Waals surface area contributed by atoms with E-state index in [2.05, 4.69) is 10.6 Å². The Morgan fingerprint density at radius 3 is 2.03 bits per heavy atom. The van der Waals surface area contributed by atoms with E-state index in [0.717, 1.165) is 17.7 Å². The van der Waals surface area contributed by atoms with Gasteiger partial charge in [-0.1, -0.05) is 18.2 Å². The second kappa shape index (κ2) is 9.73. The highest BCUT2D eigenvalue weighted by molar-refractivity contribution is 5.75. The molecule has 0 heterocycles. The molecular formula is C22H27F3N2O3. The van der Waals surface area contributed by atoms with Gasteiger partial charge in [-0.05, 0) is 63.1 Å². The van der Waals surface area contributed by atoms with Crippen LogP contribution in [0.25, 0.3) is 0 Å². The van der Waals surface area contributed by atoms with Crippen molar-refractivity contribution in [1.82, 2.24) is 10.6 Å². The van der Waals surface area contributed by atoms with E-state index in [0.29, 0.717) is 17.1 Å². The second-order valence-corrected chi connectivity index (χ2v) is 7.26. The molecule has 0 bridgehead atoms. The summed E-state index contributed by atoms with van der Waals surface area (Å²) < 4.78 is 49.7. The van der Waals surface area contributed by atoms with Crippen LogP contribution in [0.4, 0.5) is 18.0 Å². The fourth-order valence-electron chi connectivity index (χ4n) is 2.89. The number of alkyl halides is 3. The summed E-state index contributed by atoms with van der Waals surface area (Å²) in [5, 5.41) is 5.45. The van der Waals surface area contributed by atoms with E-state index in [4.69, 9.17) is 9.47 Å². The van der Waals surface area contributed by atoms with Crippen molar-refractivity contribution < 1.29 is 27.4 Å². The second-order valence-electron chi connectivity index (χ2n) is 7.26. The highest BCUT2D eigenvalue weighted by Crippen LogP contribution is 2.32. The Balaban J connectivity index is 2.04. The average Bonchev–Trinajstić information content (AvgIpc) is 2.67. The van der Waals surface area contributed by atoms with E-state index in [1.807, 2.05) is 19.9 Å². The molecule has 0 aliphatic rings. The van der Waals surface area contributed by atoms with Gasteiger partial charge in [-0.25, -0.2) is 4.79 Å². The van der Waals surface area contributed by atoms with Gasteiger partial charge >= 0.3 is 12.2 Å². The van der Waals surface area contributed by atoms with Crippen LogP contribution in [0.5, 0.6) is 11.5 Å². The highest BCUT2D eigenvalue weighted by atomic mass is 19.4. The van der Waals surface area contributed by atoms with Crippen molar-refractivity contribution in [2.24, 2.45) is 0 Å². The first-order valence-electron chi connectivity index (χ1n) is 9.60. The van der Waals surface area contributed by atoms with Gasteiger partial charge in [0.25, 0.3) is 0 Å². The Morgan fingerprint density at radius 2 is 1.50 bits per heavy atom. The van der Waals surface area contributed by atoms with Crippen LogP contribution in [-0.2, 0) is 6.18 Å². The highest BCUT2D eigenvalue weighted by Gasteiger charge is 2.30. The van der Waals surface area contributed by atoms with E-state index in [9.17, 15) is 18.0 Å². The molecule has 2 unspecified atom stereocenters. The third-order valence-corrected chi connectivity index (χ3v) is 4.46. The summed E-state index contributed by atoms with van der Waals surface area (Å²) >= 11 is 0. The lowest BCUT2D eigenvalue weighted by Gasteiger charge is -2.21. The summed E-state index contributed by atoms with van der Waals surface area (Å²) in [4.78, 5) is 12.4. The molecule has 2 rings (SSSR count). The molecule has 5 nitrogen and oxygen atoms in total. The van der Waals surface area contributed by atoms with E-state index in [1.54, 1.807) is 32.0 Å². The predicted octanol–water partition coefficient (Wildman–Crippen LogP) is 5.62. The largest absolute Gasteiger partial charge is 0.493 e. The summed E-state index contributed by atoms with van der Waals surface area (Å²) in [5.41, 5.74) is 0.410. The van der Waals surface area contributed by atoms with Crippen LogP contribution in [0.2, 0.25) is 0 Å². The standard InChI is InChI=1S/C22H27F3N2O3/c1-13(2)30-19-10-9-17(12-20(19)29-5)15(4)27-21(28)26-14(3)16-7-6-8-18(11-16)22(23,24)25/h6-15H,1-5H3,(H2,26,27,28). The topological polar surface area (TPSA) is 59.6 Å². The van der Waals surface area contributed by atoms with Crippen molar-refractivity contribution in [1.29, 1.82) is 0 Å². The van der Waals surface area contributed by atoms with Crippen LogP contribution in [0.1, 0.15) is 56.5 Å². The molecule has 30 heavy (non-hydrogen) atoms. The third-order valence-electron chi connectivity index (χ3n) is 4.46. The number of nitrogens with one attached hydrogen (secondary N) is 2. The van der Waals surface area contributed by atoms with Gasteiger partial charge in [0.2, 0.25) is 0 Å². The van der Waals surface area contributed by atoms with Crippen molar-refractivity contribution in [2.45, 2.75) is 52.1 Å². The molecule has 0 aliphatic heterocycles. The van der Waals surface area contributed by atoms with E-state index in [-0.39, 0.29) is 12.1 Å². The zero-order chi connectivity index (χ0) is 22.5. The zero-order valence-corrected chi connectivity index (χ0v) is 17.6. The number of ether oxygens (including phenoxy) is 2. The first-order chi connectivity index (χ1) is 14.0. The fourth-order valence-corrected chi connectivity index (χ4v) is 2.89. The van der Waals surface area contributed by atoms with Gasteiger partial charge in [0.1, 0.15) is 0 Å². The van der Waals surface area contributed by atoms with Crippen molar-refractivity contribution >= 4 is 6.03 Å². The number of methoxy groups -OCH3 is 1. The van der Waals surface area contributed by atoms with E-state index < -0.39 is 23.8 Å². The lowest BCUT2D eigenvalue weighted by molar-refractivity contribution is -0.137. The van der Waals surface area contributed by atoms with Gasteiger partial charge in [-0.3, -0.25) is 0 Å². The molecule has 0 saturated heterocycles. The molecule has 0 spiro atoms. The van der Waals surface area contributed by atoms with Crippen LogP contribution in [0.15, 0.2) is 42.5 Å². The average molecular weight is 424 g/mol. The summed E-state index contributed by atoms with van der Waals surface area (Å²) in [6, 6.07) is 8.82. The molecule has 2 aromatic carbocycles. The molecule has 0 aliphatic carbocycles. The van der Waals surface area contributed by atoms with Gasteiger partial charge in [0.15, 0.2) is 11.5 Å². The summed E-state index contributed by atoms with van der Waals surface area (Å²) in [7, 11) is 1.54. The molecule has 0 radical (unpaired) electrons. The minimum Gasteiger partial charge on any atom is -0.493 e. The van der Waals surface area contributed by atoms with Crippen LogP contribution in [0.3, 0.4) is 0 Å². The van der Waals surface area contributed by atoms with Gasteiger partial charge in [0, 0.05) is 0 Å². The molecule has 0 saturated carbocycles. The number of hydrogen-bond acceptors (Lipinski definition) is 3. The van der Waals surface area contributed by atoms with Crippen molar-refractivity contribution in [3.8, 4) is 11.5 Å². The third kappa shape index (κ3) is 6.30. The lowest BCUT2D eigenvalue weighted by atomic mass is 10.0. The van der Waals surface area contributed by atoms with Crippen LogP contribution < -0.4 is 20.1 Å². The van der Waals surface area contributed by atoms with Gasteiger partial charge < -0.3 is 20.1 Å². The van der Waals surface area contributed by atoms with E-state index >= 15 is 0 Å².